The Morgan fingerprint density at radius 2 is 1.19 bits per heavy atom. The minimum atomic E-state index is 1.03. The molecular weight excluding hydrogens is 649 g/mol. The molecular formula is C49H32N2S. The molecule has 0 aliphatic heterocycles. The molecule has 0 atom stereocenters. The van der Waals surface area contributed by atoms with E-state index in [1.54, 1.807) is 0 Å². The first-order valence-corrected chi connectivity index (χ1v) is 18.8. The van der Waals surface area contributed by atoms with Crippen LogP contribution in [-0.2, 0) is 6.42 Å². The summed E-state index contributed by atoms with van der Waals surface area (Å²) >= 11 is 1.89. The van der Waals surface area contributed by atoms with Crippen molar-refractivity contribution in [2.24, 2.45) is 0 Å². The normalized spacial score (nSPS) is 12.8. The van der Waals surface area contributed by atoms with Gasteiger partial charge in [0.2, 0.25) is 0 Å². The maximum absolute atomic E-state index is 5.17. The third kappa shape index (κ3) is 4.53. The lowest BCUT2D eigenvalue weighted by molar-refractivity contribution is 0.888. The number of pyridine rings is 1. The van der Waals surface area contributed by atoms with Crippen molar-refractivity contribution >= 4 is 70.2 Å². The van der Waals surface area contributed by atoms with Gasteiger partial charge in [0.05, 0.1) is 16.7 Å². The van der Waals surface area contributed by atoms with Crippen LogP contribution in [0.5, 0.6) is 0 Å². The van der Waals surface area contributed by atoms with Gasteiger partial charge in [0.1, 0.15) is 0 Å². The van der Waals surface area contributed by atoms with Crippen LogP contribution in [0, 0.1) is 0 Å². The summed E-state index contributed by atoms with van der Waals surface area (Å²) in [7, 11) is 0. The van der Waals surface area contributed by atoms with Gasteiger partial charge < -0.3 is 4.57 Å². The van der Waals surface area contributed by atoms with E-state index in [-0.39, 0.29) is 0 Å². The highest BCUT2D eigenvalue weighted by Crippen LogP contribution is 2.44. The second-order valence-corrected chi connectivity index (χ2v) is 14.9. The molecule has 1 aliphatic carbocycles. The summed E-state index contributed by atoms with van der Waals surface area (Å²) in [6.45, 7) is 0. The topological polar surface area (TPSA) is 17.8 Å². The van der Waals surface area contributed by atoms with Gasteiger partial charge >= 0.3 is 0 Å². The molecule has 0 spiro atoms. The lowest BCUT2D eigenvalue weighted by Gasteiger charge is -2.13. The molecule has 0 radical (unpaired) electrons. The maximum atomic E-state index is 5.17. The van der Waals surface area contributed by atoms with Crippen LogP contribution in [0.1, 0.15) is 17.7 Å². The Balaban J connectivity index is 1.01. The van der Waals surface area contributed by atoms with Gasteiger partial charge in [-0.15, -0.1) is 11.3 Å². The molecule has 0 saturated heterocycles. The van der Waals surface area contributed by atoms with Crippen molar-refractivity contribution in [3.8, 4) is 39.2 Å². The van der Waals surface area contributed by atoms with Crippen molar-refractivity contribution in [2.75, 3.05) is 0 Å². The van der Waals surface area contributed by atoms with Crippen LogP contribution < -0.4 is 0 Å². The molecule has 0 N–H and O–H groups in total. The minimum absolute atomic E-state index is 1.03. The standard InChI is InChI=1S/C49H32N2S/c1-3-11-33(12-4-1)48-41-27-26-39-42-29-34(24-28-46(42)52-49(39)47(41)40-16-7-9-17-43(40)50-48)31-19-21-32(22-20-31)35-23-25-38-37-15-8-10-18-44(37)51(45(38)30-35)36-13-5-2-6-14-36/h1-9,11-17,19-30H,10,18H2. The van der Waals surface area contributed by atoms with Crippen LogP contribution in [0.4, 0.5) is 0 Å². The minimum Gasteiger partial charge on any atom is -0.313 e. The fraction of sp³-hybridized carbons (Fsp3) is 0.0408. The smallest absolute Gasteiger partial charge is 0.0788 e. The molecule has 244 valence electrons. The predicted octanol–water partition coefficient (Wildman–Crippen LogP) is 13.7. The first-order chi connectivity index (χ1) is 25.8. The molecule has 7 aromatic carbocycles. The summed E-state index contributed by atoms with van der Waals surface area (Å²) in [6.07, 6.45) is 6.76. The number of hydrogen-bond acceptors (Lipinski definition) is 2. The lowest BCUT2D eigenvalue weighted by Crippen LogP contribution is -2.02. The number of benzene rings is 7. The van der Waals surface area contributed by atoms with Crippen molar-refractivity contribution in [1.82, 2.24) is 9.55 Å². The lowest BCUT2D eigenvalue weighted by atomic mass is 9.96. The van der Waals surface area contributed by atoms with Crippen LogP contribution in [0.25, 0.3) is 98.0 Å². The molecule has 3 heterocycles. The Kier molecular flexibility index (Phi) is 6.58. The fourth-order valence-corrected chi connectivity index (χ4v) is 9.63. The highest BCUT2D eigenvalue weighted by atomic mass is 32.1. The van der Waals surface area contributed by atoms with Crippen LogP contribution in [0.2, 0.25) is 0 Å². The maximum Gasteiger partial charge on any atom is 0.0788 e. The number of hydrogen-bond donors (Lipinski definition) is 0. The van der Waals surface area contributed by atoms with Crippen molar-refractivity contribution in [1.29, 1.82) is 0 Å². The van der Waals surface area contributed by atoms with Crippen molar-refractivity contribution in [2.45, 2.75) is 12.8 Å². The van der Waals surface area contributed by atoms with Crippen molar-refractivity contribution < 1.29 is 0 Å². The third-order valence-corrected chi connectivity index (χ3v) is 12.1. The van der Waals surface area contributed by atoms with Gasteiger partial charge in [0, 0.05) is 64.2 Å². The number of thiophene rings is 1. The van der Waals surface area contributed by atoms with Crippen LogP contribution in [0.3, 0.4) is 0 Å². The summed E-state index contributed by atoms with van der Waals surface area (Å²) < 4.78 is 5.10. The summed E-state index contributed by atoms with van der Waals surface area (Å²) in [5.41, 5.74) is 13.4. The molecule has 0 unspecified atom stereocenters. The zero-order valence-electron chi connectivity index (χ0n) is 28.4. The van der Waals surface area contributed by atoms with Crippen molar-refractivity contribution in [3.63, 3.8) is 0 Å². The highest BCUT2D eigenvalue weighted by Gasteiger charge is 2.20. The Morgan fingerprint density at radius 3 is 2.02 bits per heavy atom. The molecule has 3 heteroatoms. The van der Waals surface area contributed by atoms with Crippen molar-refractivity contribution in [3.05, 3.63) is 175 Å². The average Bonchev–Trinajstić information content (AvgIpc) is 3.76. The third-order valence-electron chi connectivity index (χ3n) is 10.9. The largest absolute Gasteiger partial charge is 0.313 e. The first-order valence-electron chi connectivity index (χ1n) is 18.0. The van der Waals surface area contributed by atoms with Gasteiger partial charge in [0.25, 0.3) is 0 Å². The van der Waals surface area contributed by atoms with Gasteiger partial charge in [0.15, 0.2) is 0 Å². The van der Waals surface area contributed by atoms with E-state index in [2.05, 4.69) is 174 Å². The number of fused-ring (bicyclic) bond motifs is 10. The first kappa shape index (κ1) is 29.4. The molecule has 10 aromatic rings. The number of allylic oxidation sites excluding steroid dienone is 1. The van der Waals surface area contributed by atoms with Crippen LogP contribution >= 0.6 is 11.3 Å². The fourth-order valence-electron chi connectivity index (χ4n) is 8.39. The van der Waals surface area contributed by atoms with Gasteiger partial charge in [-0.2, -0.15) is 0 Å². The molecule has 0 amide bonds. The van der Waals surface area contributed by atoms with E-state index in [4.69, 9.17) is 4.98 Å². The summed E-state index contributed by atoms with van der Waals surface area (Å²) in [5, 5.41) is 7.62. The monoisotopic (exact) mass is 680 g/mol. The van der Waals surface area contributed by atoms with E-state index in [1.807, 2.05) is 11.3 Å². The Bertz CT molecular complexity index is 3040. The Hall–Kier alpha value is -6.29. The van der Waals surface area contributed by atoms with E-state index >= 15 is 0 Å². The molecule has 0 fully saturated rings. The second kappa shape index (κ2) is 11.6. The van der Waals surface area contributed by atoms with Gasteiger partial charge in [-0.25, -0.2) is 4.98 Å². The average molecular weight is 681 g/mol. The summed E-state index contributed by atoms with van der Waals surface area (Å²) in [6, 6.07) is 57.6. The summed E-state index contributed by atoms with van der Waals surface area (Å²) in [4.78, 5) is 5.17. The SMILES string of the molecule is C1=Cc2c(n(-c3ccccc3)c3cc(-c4ccc(-c5ccc6sc7c(ccc8c(-c9ccccc9)nc9ccccc9c87)c6c5)cc4)ccc23)CC1. The molecule has 0 bridgehead atoms. The number of rotatable bonds is 4. The predicted molar refractivity (Wildman–Crippen MR) is 223 cm³/mol. The Morgan fingerprint density at radius 1 is 0.519 bits per heavy atom. The van der Waals surface area contributed by atoms with Gasteiger partial charge in [-0.3, -0.25) is 0 Å². The van der Waals surface area contributed by atoms with E-state index in [9.17, 15) is 0 Å². The molecule has 11 rings (SSSR count). The molecule has 2 nitrogen and oxygen atoms in total. The zero-order chi connectivity index (χ0) is 34.2. The van der Waals surface area contributed by atoms with Crippen LogP contribution in [0.15, 0.2) is 164 Å². The highest BCUT2D eigenvalue weighted by molar-refractivity contribution is 7.26. The zero-order valence-corrected chi connectivity index (χ0v) is 29.2. The van der Waals surface area contributed by atoms with Gasteiger partial charge in [-0.1, -0.05) is 133 Å². The molecule has 52 heavy (non-hydrogen) atoms. The number of nitrogens with zero attached hydrogens (tertiary/aromatic N) is 2. The van der Waals surface area contributed by atoms with E-state index in [0.29, 0.717) is 0 Å². The number of para-hydroxylation sites is 2. The van der Waals surface area contributed by atoms with Crippen LogP contribution in [-0.4, -0.2) is 9.55 Å². The second-order valence-electron chi connectivity index (χ2n) is 13.8. The molecule has 1 aliphatic rings. The molecule has 0 saturated carbocycles. The van der Waals surface area contributed by atoms with E-state index in [1.165, 1.54) is 86.4 Å². The molecule has 3 aromatic heterocycles. The van der Waals surface area contributed by atoms with E-state index < -0.39 is 0 Å². The van der Waals surface area contributed by atoms with E-state index in [0.717, 1.165) is 29.6 Å². The van der Waals surface area contributed by atoms with Gasteiger partial charge in [-0.05, 0) is 71.5 Å². The quantitative estimate of drug-likeness (QED) is 0.169. The number of aromatic nitrogens is 2. The Labute approximate surface area is 305 Å². The summed E-state index contributed by atoms with van der Waals surface area (Å²) in [5.74, 6) is 0.